The molecule has 0 spiro atoms. The molecule has 0 aliphatic carbocycles. The Balaban J connectivity index is 1.36. The molecule has 5 heteroatoms. The van der Waals surface area contributed by atoms with Crippen LogP contribution in [0.1, 0.15) is 19.3 Å². The highest BCUT2D eigenvalue weighted by atomic mass is 16.5. The molecule has 3 atom stereocenters. The molecule has 2 bridgehead atoms. The fourth-order valence-electron chi connectivity index (χ4n) is 2.63. The number of methoxy groups -OCH3 is 1. The molecule has 1 N–H and O–H groups in total. The molecule has 2 aliphatic rings. The van der Waals surface area contributed by atoms with Gasteiger partial charge in [0.15, 0.2) is 0 Å². The van der Waals surface area contributed by atoms with Crippen molar-refractivity contribution in [1.29, 1.82) is 0 Å². The minimum Gasteiger partial charge on any atom is -0.382 e. The highest BCUT2D eigenvalue weighted by Gasteiger charge is 2.40. The lowest BCUT2D eigenvalue weighted by Gasteiger charge is -2.19. The molecule has 2 rings (SSSR count). The van der Waals surface area contributed by atoms with Crippen LogP contribution in [0.2, 0.25) is 0 Å². The van der Waals surface area contributed by atoms with Crippen LogP contribution in [0.5, 0.6) is 0 Å². The van der Waals surface area contributed by atoms with Crippen molar-refractivity contribution in [3.63, 3.8) is 0 Å². The second-order valence-electron chi connectivity index (χ2n) is 4.89. The van der Waals surface area contributed by atoms with Gasteiger partial charge in [0, 0.05) is 19.7 Å². The SMILES string of the molecule is COCCOCCOCCNC1CC2CCC1O2. The summed E-state index contributed by atoms with van der Waals surface area (Å²) in [5, 5.41) is 3.51. The fourth-order valence-corrected chi connectivity index (χ4v) is 2.63. The zero-order valence-corrected chi connectivity index (χ0v) is 11.2. The Labute approximate surface area is 109 Å². The van der Waals surface area contributed by atoms with Crippen molar-refractivity contribution < 1.29 is 18.9 Å². The van der Waals surface area contributed by atoms with Crippen molar-refractivity contribution in [2.75, 3.05) is 46.7 Å². The third kappa shape index (κ3) is 4.48. The Morgan fingerprint density at radius 3 is 2.50 bits per heavy atom. The molecule has 0 saturated carbocycles. The van der Waals surface area contributed by atoms with Crippen LogP contribution in [0.4, 0.5) is 0 Å². The quantitative estimate of drug-likeness (QED) is 0.581. The summed E-state index contributed by atoms with van der Waals surface area (Å²) in [4.78, 5) is 0. The van der Waals surface area contributed by atoms with E-state index < -0.39 is 0 Å². The van der Waals surface area contributed by atoms with E-state index in [0.717, 1.165) is 13.2 Å². The molecular weight excluding hydrogens is 234 g/mol. The summed E-state index contributed by atoms with van der Waals surface area (Å²) in [6.45, 7) is 4.21. The summed E-state index contributed by atoms with van der Waals surface area (Å²) in [6, 6.07) is 0.547. The molecule has 0 amide bonds. The molecule has 18 heavy (non-hydrogen) atoms. The summed E-state index contributed by atoms with van der Waals surface area (Å²) in [6.07, 6.45) is 4.61. The Kier molecular flexibility index (Phi) is 6.37. The zero-order valence-electron chi connectivity index (χ0n) is 11.2. The monoisotopic (exact) mass is 259 g/mol. The highest BCUT2D eigenvalue weighted by molar-refractivity contribution is 4.93. The van der Waals surface area contributed by atoms with Crippen molar-refractivity contribution in [2.45, 2.75) is 37.5 Å². The van der Waals surface area contributed by atoms with E-state index in [1.165, 1.54) is 19.3 Å². The Morgan fingerprint density at radius 1 is 1.06 bits per heavy atom. The Bertz CT molecular complexity index is 227. The molecule has 0 radical (unpaired) electrons. The first-order chi connectivity index (χ1) is 8.90. The van der Waals surface area contributed by atoms with Crippen molar-refractivity contribution in [3.8, 4) is 0 Å². The molecule has 2 saturated heterocycles. The minimum atomic E-state index is 0.451. The number of hydrogen-bond acceptors (Lipinski definition) is 5. The lowest BCUT2D eigenvalue weighted by atomic mass is 9.96. The van der Waals surface area contributed by atoms with E-state index in [2.05, 4.69) is 5.32 Å². The third-order valence-electron chi connectivity index (χ3n) is 3.56. The molecular formula is C13H25NO4. The van der Waals surface area contributed by atoms with Gasteiger partial charge in [0.2, 0.25) is 0 Å². The maximum atomic E-state index is 5.78. The number of nitrogens with one attached hydrogen (secondary N) is 1. The summed E-state index contributed by atoms with van der Waals surface area (Å²) in [5.74, 6) is 0. The van der Waals surface area contributed by atoms with Crippen LogP contribution < -0.4 is 5.32 Å². The maximum Gasteiger partial charge on any atom is 0.0733 e. The molecule has 106 valence electrons. The molecule has 0 aromatic rings. The number of rotatable bonds is 10. The molecule has 3 unspecified atom stereocenters. The van der Waals surface area contributed by atoms with Gasteiger partial charge in [0.05, 0.1) is 45.2 Å². The van der Waals surface area contributed by atoms with Gasteiger partial charge in [-0.3, -0.25) is 0 Å². The van der Waals surface area contributed by atoms with Crippen molar-refractivity contribution >= 4 is 0 Å². The van der Waals surface area contributed by atoms with Gasteiger partial charge in [-0.15, -0.1) is 0 Å². The average molecular weight is 259 g/mol. The summed E-state index contributed by atoms with van der Waals surface area (Å²) < 4.78 is 21.5. The second kappa shape index (κ2) is 8.07. The van der Waals surface area contributed by atoms with Gasteiger partial charge < -0.3 is 24.3 Å². The molecule has 0 aromatic heterocycles. The Hall–Kier alpha value is -0.200. The van der Waals surface area contributed by atoms with Crippen molar-refractivity contribution in [1.82, 2.24) is 5.32 Å². The van der Waals surface area contributed by atoms with Gasteiger partial charge in [-0.05, 0) is 19.3 Å². The number of hydrogen-bond donors (Lipinski definition) is 1. The van der Waals surface area contributed by atoms with E-state index in [0.29, 0.717) is 44.7 Å². The second-order valence-corrected chi connectivity index (χ2v) is 4.89. The third-order valence-corrected chi connectivity index (χ3v) is 3.56. The molecule has 2 fully saturated rings. The zero-order chi connectivity index (χ0) is 12.6. The van der Waals surface area contributed by atoms with Crippen molar-refractivity contribution in [2.24, 2.45) is 0 Å². The van der Waals surface area contributed by atoms with Crippen LogP contribution in [0.25, 0.3) is 0 Å². The van der Waals surface area contributed by atoms with Gasteiger partial charge >= 0.3 is 0 Å². The van der Waals surface area contributed by atoms with Crippen molar-refractivity contribution in [3.05, 3.63) is 0 Å². The first-order valence-electron chi connectivity index (χ1n) is 6.93. The summed E-state index contributed by atoms with van der Waals surface area (Å²) in [5.41, 5.74) is 0. The summed E-state index contributed by atoms with van der Waals surface area (Å²) >= 11 is 0. The van der Waals surface area contributed by atoms with E-state index >= 15 is 0 Å². The van der Waals surface area contributed by atoms with Gasteiger partial charge in [0.1, 0.15) is 0 Å². The largest absolute Gasteiger partial charge is 0.382 e. The molecule has 0 aromatic carbocycles. The molecule has 2 aliphatic heterocycles. The normalized spacial score (nSPS) is 30.2. The van der Waals surface area contributed by atoms with Crippen LogP contribution in [-0.4, -0.2) is 64.9 Å². The predicted molar refractivity (Wildman–Crippen MR) is 67.8 cm³/mol. The predicted octanol–water partition coefficient (Wildman–Crippen LogP) is 0.576. The van der Waals surface area contributed by atoms with Crippen LogP contribution >= 0.6 is 0 Å². The van der Waals surface area contributed by atoms with Crippen LogP contribution in [0, 0.1) is 0 Å². The van der Waals surface area contributed by atoms with E-state index in [1.807, 2.05) is 0 Å². The van der Waals surface area contributed by atoms with Gasteiger partial charge in [0.25, 0.3) is 0 Å². The lowest BCUT2D eigenvalue weighted by molar-refractivity contribution is 0.0247. The highest BCUT2D eigenvalue weighted by Crippen LogP contribution is 2.34. The van der Waals surface area contributed by atoms with Gasteiger partial charge in [-0.25, -0.2) is 0 Å². The first-order valence-corrected chi connectivity index (χ1v) is 6.93. The van der Waals surface area contributed by atoms with Gasteiger partial charge in [-0.1, -0.05) is 0 Å². The smallest absolute Gasteiger partial charge is 0.0733 e. The first kappa shape index (κ1) is 14.2. The topological polar surface area (TPSA) is 49.0 Å². The molecule has 2 heterocycles. The average Bonchev–Trinajstić information content (AvgIpc) is 2.99. The van der Waals surface area contributed by atoms with Crippen LogP contribution in [0.15, 0.2) is 0 Å². The lowest BCUT2D eigenvalue weighted by Crippen LogP contribution is -2.39. The van der Waals surface area contributed by atoms with E-state index in [9.17, 15) is 0 Å². The Morgan fingerprint density at radius 2 is 1.83 bits per heavy atom. The standard InChI is InChI=1S/C13H25NO4/c1-15-6-7-17-9-8-16-5-4-14-12-10-11-2-3-13(12)18-11/h11-14H,2-10H2,1H3. The van der Waals surface area contributed by atoms with Crippen LogP contribution in [0.3, 0.4) is 0 Å². The minimum absolute atomic E-state index is 0.451. The van der Waals surface area contributed by atoms with Crippen LogP contribution in [-0.2, 0) is 18.9 Å². The van der Waals surface area contributed by atoms with E-state index in [1.54, 1.807) is 7.11 Å². The molecule has 5 nitrogen and oxygen atoms in total. The maximum absolute atomic E-state index is 5.78. The van der Waals surface area contributed by atoms with E-state index in [-0.39, 0.29) is 0 Å². The van der Waals surface area contributed by atoms with Gasteiger partial charge in [-0.2, -0.15) is 0 Å². The fraction of sp³-hybridized carbons (Fsp3) is 1.00. The summed E-state index contributed by atoms with van der Waals surface area (Å²) in [7, 11) is 1.67. The number of ether oxygens (including phenoxy) is 4. The number of fused-ring (bicyclic) bond motifs is 2. The van der Waals surface area contributed by atoms with E-state index in [4.69, 9.17) is 18.9 Å².